The van der Waals surface area contributed by atoms with Gasteiger partial charge in [-0.3, -0.25) is 0 Å². The summed E-state index contributed by atoms with van der Waals surface area (Å²) < 4.78 is 0. The number of nitrogens with one attached hydrogen (secondary N) is 2. The molecule has 0 aliphatic rings. The van der Waals surface area contributed by atoms with Crippen LogP contribution in [-0.2, 0) is 6.54 Å². The number of carbonyl (C=O) groups is 1. The Balaban J connectivity index is 2.31. The van der Waals surface area contributed by atoms with Crippen LogP contribution in [-0.4, -0.2) is 18.1 Å². The maximum absolute atomic E-state index is 11.6. The minimum absolute atomic E-state index is 0.00234. The van der Waals surface area contributed by atoms with E-state index < -0.39 is 0 Å². The molecule has 1 aromatic carbocycles. The molecule has 0 aliphatic carbocycles. The molecule has 4 heteroatoms. The van der Waals surface area contributed by atoms with Crippen molar-refractivity contribution in [2.75, 3.05) is 0 Å². The monoisotopic (exact) mass is 235 g/mol. The number of amides is 2. The molecule has 0 saturated carbocycles. The zero-order valence-electron chi connectivity index (χ0n) is 10.4. The van der Waals surface area contributed by atoms with E-state index in [0.29, 0.717) is 6.54 Å². The maximum Gasteiger partial charge on any atom is 0.315 e. The summed E-state index contributed by atoms with van der Waals surface area (Å²) in [5.74, 6) is 0. The summed E-state index contributed by atoms with van der Waals surface area (Å²) in [6.45, 7) is 4.45. The van der Waals surface area contributed by atoms with Crippen molar-refractivity contribution in [1.29, 1.82) is 0 Å². The molecular weight excluding hydrogens is 214 g/mol. The first kappa shape index (κ1) is 13.5. The molecule has 2 unspecified atom stereocenters. The third-order valence-corrected chi connectivity index (χ3v) is 2.77. The number of urea groups is 1. The van der Waals surface area contributed by atoms with Gasteiger partial charge in [0.15, 0.2) is 0 Å². The predicted molar refractivity (Wildman–Crippen MR) is 69.5 cm³/mol. The van der Waals surface area contributed by atoms with Crippen molar-refractivity contribution in [3.63, 3.8) is 0 Å². The Morgan fingerprint density at radius 3 is 2.59 bits per heavy atom. The molecule has 0 fully saturated rings. The van der Waals surface area contributed by atoms with E-state index in [9.17, 15) is 4.79 Å². The molecule has 0 saturated heterocycles. The quantitative estimate of drug-likeness (QED) is 0.726. The molecule has 0 aliphatic heterocycles. The molecule has 0 aromatic heterocycles. The molecule has 94 valence electrons. The molecule has 4 nitrogen and oxygen atoms in total. The van der Waals surface area contributed by atoms with Gasteiger partial charge in [0, 0.05) is 18.6 Å². The third kappa shape index (κ3) is 4.87. The first-order valence-corrected chi connectivity index (χ1v) is 5.97. The normalized spacial score (nSPS) is 13.8. The molecule has 2 amide bonds. The molecule has 2 atom stereocenters. The van der Waals surface area contributed by atoms with Crippen molar-refractivity contribution in [3.05, 3.63) is 35.9 Å². The summed E-state index contributed by atoms with van der Waals surface area (Å²) in [7, 11) is 0. The summed E-state index contributed by atoms with van der Waals surface area (Å²) in [5.41, 5.74) is 6.91. The van der Waals surface area contributed by atoms with Gasteiger partial charge in [-0.15, -0.1) is 0 Å². The van der Waals surface area contributed by atoms with E-state index in [0.717, 1.165) is 12.0 Å². The Hall–Kier alpha value is -1.55. The summed E-state index contributed by atoms with van der Waals surface area (Å²) in [6, 6.07) is 9.60. The van der Waals surface area contributed by atoms with Crippen molar-refractivity contribution in [3.8, 4) is 0 Å². The van der Waals surface area contributed by atoms with E-state index >= 15 is 0 Å². The minimum Gasteiger partial charge on any atom is -0.334 e. The first-order valence-electron chi connectivity index (χ1n) is 5.97. The highest BCUT2D eigenvalue weighted by Crippen LogP contribution is 1.97. The SMILES string of the molecule is CCC(N)C(C)NC(=O)NCc1ccccc1. The first-order chi connectivity index (χ1) is 8.13. The fourth-order valence-electron chi connectivity index (χ4n) is 1.50. The molecule has 0 radical (unpaired) electrons. The standard InChI is InChI=1S/C13H21N3O/c1-3-12(14)10(2)16-13(17)15-9-11-7-5-4-6-8-11/h4-8,10,12H,3,9,14H2,1-2H3,(H2,15,16,17). The zero-order chi connectivity index (χ0) is 12.7. The van der Waals surface area contributed by atoms with Crippen LogP contribution in [0.4, 0.5) is 4.79 Å². The molecule has 0 bridgehead atoms. The summed E-state index contributed by atoms with van der Waals surface area (Å²) in [5, 5.41) is 5.63. The van der Waals surface area contributed by atoms with Gasteiger partial charge in [-0.1, -0.05) is 37.3 Å². The van der Waals surface area contributed by atoms with E-state index in [2.05, 4.69) is 10.6 Å². The Morgan fingerprint density at radius 1 is 1.35 bits per heavy atom. The van der Waals surface area contributed by atoms with Crippen LogP contribution >= 0.6 is 0 Å². The second-order valence-corrected chi connectivity index (χ2v) is 4.17. The fraction of sp³-hybridized carbons (Fsp3) is 0.462. The van der Waals surface area contributed by atoms with Crippen molar-refractivity contribution < 1.29 is 4.79 Å². The van der Waals surface area contributed by atoms with Gasteiger partial charge in [0.25, 0.3) is 0 Å². The lowest BCUT2D eigenvalue weighted by Gasteiger charge is -2.20. The molecule has 0 spiro atoms. The van der Waals surface area contributed by atoms with E-state index in [-0.39, 0.29) is 18.1 Å². The predicted octanol–water partition coefficient (Wildman–Crippen LogP) is 1.61. The van der Waals surface area contributed by atoms with Crippen molar-refractivity contribution in [2.24, 2.45) is 5.73 Å². The molecule has 1 rings (SSSR count). The van der Waals surface area contributed by atoms with Crippen LogP contribution in [0.1, 0.15) is 25.8 Å². The molecule has 1 aromatic rings. The van der Waals surface area contributed by atoms with Crippen molar-refractivity contribution in [1.82, 2.24) is 10.6 Å². The van der Waals surface area contributed by atoms with Crippen LogP contribution in [0.2, 0.25) is 0 Å². The zero-order valence-corrected chi connectivity index (χ0v) is 10.4. The summed E-state index contributed by atoms with van der Waals surface area (Å²) in [4.78, 5) is 11.6. The largest absolute Gasteiger partial charge is 0.334 e. The number of hydrogen-bond acceptors (Lipinski definition) is 2. The summed E-state index contributed by atoms with van der Waals surface area (Å²) >= 11 is 0. The van der Waals surface area contributed by atoms with E-state index in [1.54, 1.807) is 0 Å². The Morgan fingerprint density at radius 2 is 2.00 bits per heavy atom. The maximum atomic E-state index is 11.6. The Bertz CT molecular complexity index is 340. The highest BCUT2D eigenvalue weighted by Gasteiger charge is 2.12. The highest BCUT2D eigenvalue weighted by atomic mass is 16.2. The number of nitrogens with two attached hydrogens (primary N) is 1. The van der Waals surface area contributed by atoms with E-state index in [1.807, 2.05) is 44.2 Å². The number of hydrogen-bond donors (Lipinski definition) is 3. The molecule has 4 N–H and O–H groups in total. The number of benzene rings is 1. The number of rotatable bonds is 5. The van der Waals surface area contributed by atoms with Gasteiger partial charge in [-0.25, -0.2) is 4.79 Å². The van der Waals surface area contributed by atoms with Crippen LogP contribution in [0.3, 0.4) is 0 Å². The minimum atomic E-state index is -0.176. The van der Waals surface area contributed by atoms with Gasteiger partial charge in [-0.2, -0.15) is 0 Å². The lowest BCUT2D eigenvalue weighted by atomic mass is 10.1. The highest BCUT2D eigenvalue weighted by molar-refractivity contribution is 5.74. The topological polar surface area (TPSA) is 67.1 Å². The lowest BCUT2D eigenvalue weighted by molar-refractivity contribution is 0.235. The molecule has 17 heavy (non-hydrogen) atoms. The van der Waals surface area contributed by atoms with Crippen LogP contribution in [0.5, 0.6) is 0 Å². The average molecular weight is 235 g/mol. The third-order valence-electron chi connectivity index (χ3n) is 2.77. The van der Waals surface area contributed by atoms with Crippen LogP contribution in [0.25, 0.3) is 0 Å². The van der Waals surface area contributed by atoms with Gasteiger partial charge in [-0.05, 0) is 18.9 Å². The fourth-order valence-corrected chi connectivity index (χ4v) is 1.50. The second kappa shape index (κ2) is 6.91. The number of carbonyl (C=O) groups excluding carboxylic acids is 1. The van der Waals surface area contributed by atoms with Gasteiger partial charge in [0.1, 0.15) is 0 Å². The van der Waals surface area contributed by atoms with Crippen molar-refractivity contribution >= 4 is 6.03 Å². The second-order valence-electron chi connectivity index (χ2n) is 4.17. The molecular formula is C13H21N3O. The summed E-state index contributed by atoms with van der Waals surface area (Å²) in [6.07, 6.45) is 0.847. The van der Waals surface area contributed by atoms with Crippen LogP contribution in [0.15, 0.2) is 30.3 Å². The van der Waals surface area contributed by atoms with Gasteiger partial charge < -0.3 is 16.4 Å². The van der Waals surface area contributed by atoms with E-state index in [1.165, 1.54) is 0 Å². The van der Waals surface area contributed by atoms with E-state index in [4.69, 9.17) is 5.73 Å². The van der Waals surface area contributed by atoms with Crippen LogP contribution < -0.4 is 16.4 Å². The Kier molecular flexibility index (Phi) is 5.49. The van der Waals surface area contributed by atoms with Crippen LogP contribution in [0, 0.1) is 0 Å². The van der Waals surface area contributed by atoms with Gasteiger partial charge in [0.05, 0.1) is 0 Å². The Labute approximate surface area is 103 Å². The van der Waals surface area contributed by atoms with Crippen molar-refractivity contribution in [2.45, 2.75) is 38.9 Å². The van der Waals surface area contributed by atoms with Gasteiger partial charge in [0.2, 0.25) is 0 Å². The van der Waals surface area contributed by atoms with Gasteiger partial charge >= 0.3 is 6.03 Å². The smallest absolute Gasteiger partial charge is 0.315 e. The molecule has 0 heterocycles. The average Bonchev–Trinajstić information content (AvgIpc) is 2.36. The lowest BCUT2D eigenvalue weighted by Crippen LogP contribution is -2.48.